The maximum Gasteiger partial charge on any atom is 0.271 e. The third-order valence-corrected chi connectivity index (χ3v) is 7.17. The third-order valence-electron chi connectivity index (χ3n) is 7.17. The number of para-hydroxylation sites is 1. The van der Waals surface area contributed by atoms with Gasteiger partial charge in [0, 0.05) is 0 Å². The number of benzene rings is 1. The normalized spacial score (nSPS) is 30.2. The number of fused-ring (bicyclic) bond motifs is 2. The molecule has 0 bridgehead atoms. The van der Waals surface area contributed by atoms with E-state index in [9.17, 15) is 14.7 Å². The van der Waals surface area contributed by atoms with Crippen LogP contribution < -0.4 is 10.4 Å². The average molecular weight is 435 g/mol. The molecule has 3 aliphatic rings. The molecule has 2 amide bonds. The molecule has 3 unspecified atom stereocenters. The van der Waals surface area contributed by atoms with Gasteiger partial charge in [0.1, 0.15) is 11.8 Å². The van der Waals surface area contributed by atoms with Crippen molar-refractivity contribution < 1.29 is 19.5 Å². The number of aromatic amines is 1. The number of hydrogen-bond donors (Lipinski definition) is 3. The Bertz CT molecular complexity index is 1160. The van der Waals surface area contributed by atoms with Gasteiger partial charge < -0.3 is 15.4 Å². The highest BCUT2D eigenvalue weighted by molar-refractivity contribution is 6.07. The lowest BCUT2D eigenvalue weighted by Crippen LogP contribution is -2.79. The number of hydroxylamine groups is 1. The van der Waals surface area contributed by atoms with E-state index in [4.69, 9.17) is 4.84 Å². The zero-order valence-electron chi connectivity index (χ0n) is 18.1. The summed E-state index contributed by atoms with van der Waals surface area (Å²) in [5.41, 5.74) is 0.560. The van der Waals surface area contributed by atoms with Gasteiger partial charge in [-0.15, -0.1) is 6.58 Å². The second-order valence-corrected chi connectivity index (χ2v) is 8.88. The number of amides is 2. The summed E-state index contributed by atoms with van der Waals surface area (Å²) in [6.07, 6.45) is 5.14. The van der Waals surface area contributed by atoms with Crippen LogP contribution in [0.2, 0.25) is 0 Å². The van der Waals surface area contributed by atoms with Crippen molar-refractivity contribution in [1.82, 2.24) is 20.2 Å². The maximum atomic E-state index is 13.5. The summed E-state index contributed by atoms with van der Waals surface area (Å²) in [5.74, 6) is -2.48. The highest BCUT2D eigenvalue weighted by Crippen LogP contribution is 2.66. The quantitative estimate of drug-likeness (QED) is 0.498. The molecule has 9 heteroatoms. The zero-order chi connectivity index (χ0) is 22.9. The van der Waals surface area contributed by atoms with Crippen LogP contribution in [0.15, 0.2) is 55.1 Å². The van der Waals surface area contributed by atoms with Gasteiger partial charge in [0.2, 0.25) is 5.79 Å². The Labute approximate surface area is 185 Å². The summed E-state index contributed by atoms with van der Waals surface area (Å²) in [7, 11) is 1.50. The van der Waals surface area contributed by atoms with Crippen LogP contribution in [-0.2, 0) is 19.8 Å². The van der Waals surface area contributed by atoms with E-state index >= 15 is 0 Å². The number of rotatable bonds is 4. The molecule has 9 nitrogen and oxygen atoms in total. The van der Waals surface area contributed by atoms with Gasteiger partial charge in [0.05, 0.1) is 36.4 Å². The fourth-order valence-electron chi connectivity index (χ4n) is 5.68. The van der Waals surface area contributed by atoms with E-state index in [0.717, 1.165) is 5.56 Å². The van der Waals surface area contributed by atoms with Gasteiger partial charge in [-0.1, -0.05) is 38.1 Å². The predicted molar refractivity (Wildman–Crippen MR) is 116 cm³/mol. The summed E-state index contributed by atoms with van der Waals surface area (Å²) in [6.45, 7) is 8.03. The van der Waals surface area contributed by atoms with Crippen LogP contribution in [0.5, 0.6) is 0 Å². The van der Waals surface area contributed by atoms with Gasteiger partial charge in [0.15, 0.2) is 0 Å². The summed E-state index contributed by atoms with van der Waals surface area (Å²) in [5, 5.41) is 15.7. The van der Waals surface area contributed by atoms with E-state index in [0.29, 0.717) is 11.4 Å². The molecule has 2 aromatic rings. The van der Waals surface area contributed by atoms with Crippen molar-refractivity contribution >= 4 is 23.6 Å². The standard InChI is InChI=1S/C23H25N5O4/c1-5-21(2,3)22-11-18(29)20(31)27-17(10-14-12-24-13-25-14)19(30)26-23(22,27)28(32-4)16-9-7-6-8-15(16)22/h5-10,12-13,18,29H,1,11H2,2-4H3,(H,24,25)(H,26,30)/b17-10+. The van der Waals surface area contributed by atoms with Crippen LogP contribution in [0.1, 0.15) is 31.5 Å². The molecule has 3 aliphatic heterocycles. The van der Waals surface area contributed by atoms with Gasteiger partial charge in [-0.25, -0.2) is 10.0 Å². The zero-order valence-corrected chi connectivity index (χ0v) is 18.1. The number of carbonyl (C=O) groups excluding carboxylic acids is 2. The number of aromatic nitrogens is 2. The van der Waals surface area contributed by atoms with E-state index in [2.05, 4.69) is 21.9 Å². The molecular formula is C23H25N5O4. The van der Waals surface area contributed by atoms with Crippen molar-refractivity contribution in [3.05, 3.63) is 66.4 Å². The lowest BCUT2D eigenvalue weighted by Gasteiger charge is -2.59. The van der Waals surface area contributed by atoms with Crippen molar-refractivity contribution in [1.29, 1.82) is 0 Å². The lowest BCUT2D eigenvalue weighted by molar-refractivity contribution is -0.170. The van der Waals surface area contributed by atoms with E-state index < -0.39 is 34.5 Å². The monoisotopic (exact) mass is 435 g/mol. The van der Waals surface area contributed by atoms with Gasteiger partial charge in [-0.2, -0.15) is 0 Å². The molecule has 166 valence electrons. The molecule has 32 heavy (non-hydrogen) atoms. The van der Waals surface area contributed by atoms with Crippen molar-refractivity contribution in [2.75, 3.05) is 12.2 Å². The molecule has 0 saturated carbocycles. The van der Waals surface area contributed by atoms with E-state index in [1.807, 2.05) is 38.1 Å². The Morgan fingerprint density at radius 2 is 2.09 bits per heavy atom. The summed E-state index contributed by atoms with van der Waals surface area (Å²) in [6, 6.07) is 7.60. The fourth-order valence-corrected chi connectivity index (χ4v) is 5.68. The number of imidazole rings is 1. The molecular weight excluding hydrogens is 410 g/mol. The Hall–Kier alpha value is -3.43. The predicted octanol–water partition coefficient (Wildman–Crippen LogP) is 1.66. The molecule has 0 radical (unpaired) electrons. The first-order chi connectivity index (χ1) is 15.2. The van der Waals surface area contributed by atoms with Gasteiger partial charge in [0.25, 0.3) is 11.8 Å². The first kappa shape index (κ1) is 20.5. The average Bonchev–Trinajstić information content (AvgIpc) is 3.44. The molecule has 5 rings (SSSR count). The van der Waals surface area contributed by atoms with Crippen LogP contribution in [-0.4, -0.2) is 50.8 Å². The SMILES string of the molecule is C=CC(C)(C)C12CC(O)C(=O)N3/C(=C/c4cnc[nH]4)C(=O)NC31N(OC)c1ccccc12. The number of H-pyrrole nitrogens is 1. The van der Waals surface area contributed by atoms with Crippen LogP contribution in [0.4, 0.5) is 5.69 Å². The first-order valence-corrected chi connectivity index (χ1v) is 10.4. The maximum absolute atomic E-state index is 13.5. The second-order valence-electron chi connectivity index (χ2n) is 8.88. The van der Waals surface area contributed by atoms with Gasteiger partial charge in [-0.3, -0.25) is 19.3 Å². The van der Waals surface area contributed by atoms with Crippen molar-refractivity contribution in [3.63, 3.8) is 0 Å². The van der Waals surface area contributed by atoms with Crippen molar-refractivity contribution in [2.45, 2.75) is 37.6 Å². The summed E-state index contributed by atoms with van der Waals surface area (Å²) >= 11 is 0. The molecule has 1 spiro atoms. The molecule has 1 aromatic carbocycles. The number of nitrogens with one attached hydrogen (secondary N) is 2. The van der Waals surface area contributed by atoms with Crippen LogP contribution in [0.25, 0.3) is 6.08 Å². The Morgan fingerprint density at radius 3 is 2.75 bits per heavy atom. The third kappa shape index (κ3) is 2.17. The molecule has 1 aromatic heterocycles. The molecule has 2 saturated heterocycles. The summed E-state index contributed by atoms with van der Waals surface area (Å²) < 4.78 is 0. The molecule has 0 aliphatic carbocycles. The fraction of sp³-hybridized carbons (Fsp3) is 0.348. The van der Waals surface area contributed by atoms with Gasteiger partial charge >= 0.3 is 0 Å². The highest BCUT2D eigenvalue weighted by atomic mass is 16.7. The van der Waals surface area contributed by atoms with Crippen molar-refractivity contribution in [3.8, 4) is 0 Å². The largest absolute Gasteiger partial charge is 0.383 e. The van der Waals surface area contributed by atoms with Gasteiger partial charge in [-0.05, 0) is 29.5 Å². The molecule has 2 fully saturated rings. The van der Waals surface area contributed by atoms with Crippen LogP contribution in [0, 0.1) is 5.41 Å². The van der Waals surface area contributed by atoms with E-state index in [1.165, 1.54) is 18.3 Å². The molecule has 4 heterocycles. The number of carbonyl (C=O) groups is 2. The highest BCUT2D eigenvalue weighted by Gasteiger charge is 2.78. The Kier molecular flexibility index (Phi) is 4.18. The van der Waals surface area contributed by atoms with Crippen molar-refractivity contribution in [2.24, 2.45) is 5.41 Å². The Balaban J connectivity index is 1.88. The number of hydrogen-bond acceptors (Lipinski definition) is 6. The van der Waals surface area contributed by atoms with E-state index in [1.54, 1.807) is 23.4 Å². The molecule has 3 N–H and O–H groups in total. The Morgan fingerprint density at radius 1 is 1.34 bits per heavy atom. The first-order valence-electron chi connectivity index (χ1n) is 10.4. The second kappa shape index (κ2) is 6.54. The minimum atomic E-state index is -1.44. The van der Waals surface area contributed by atoms with Crippen LogP contribution >= 0.6 is 0 Å². The summed E-state index contributed by atoms with van der Waals surface area (Å²) in [4.78, 5) is 41.1. The number of aliphatic hydroxyl groups is 1. The minimum Gasteiger partial charge on any atom is -0.383 e. The number of anilines is 1. The number of nitrogens with zero attached hydrogens (tertiary/aromatic N) is 3. The smallest absolute Gasteiger partial charge is 0.271 e. The van der Waals surface area contributed by atoms with Crippen LogP contribution in [0.3, 0.4) is 0 Å². The minimum absolute atomic E-state index is 0.0792. The number of aliphatic hydroxyl groups excluding tert-OH is 1. The lowest BCUT2D eigenvalue weighted by atomic mass is 9.55. The van der Waals surface area contributed by atoms with E-state index in [-0.39, 0.29) is 12.1 Å². The topological polar surface area (TPSA) is 111 Å². The number of allylic oxidation sites excluding steroid dienone is 1. The number of piperidine rings is 1. The molecule has 3 atom stereocenters.